The Hall–Kier alpha value is -3.13. The molecule has 2 amide bonds. The highest BCUT2D eigenvalue weighted by Gasteiger charge is 2.47. The van der Waals surface area contributed by atoms with Gasteiger partial charge in [-0.3, -0.25) is 4.79 Å². The van der Waals surface area contributed by atoms with Crippen LogP contribution < -0.4 is 9.64 Å². The number of amides is 2. The van der Waals surface area contributed by atoms with Crippen molar-refractivity contribution >= 4 is 17.7 Å². The Morgan fingerprint density at radius 3 is 2.36 bits per heavy atom. The first-order chi connectivity index (χ1) is 17.4. The van der Waals surface area contributed by atoms with E-state index in [9.17, 15) is 14.0 Å². The molecule has 192 valence electrons. The number of fused-ring (bicyclic) bond motifs is 2. The zero-order valence-corrected chi connectivity index (χ0v) is 21.0. The van der Waals surface area contributed by atoms with Crippen LogP contribution in [0.5, 0.6) is 5.75 Å². The van der Waals surface area contributed by atoms with E-state index in [-0.39, 0.29) is 23.2 Å². The maximum absolute atomic E-state index is 14.4. The van der Waals surface area contributed by atoms with E-state index in [0.29, 0.717) is 43.6 Å². The van der Waals surface area contributed by atoms with Crippen LogP contribution in [0, 0.1) is 5.82 Å². The molecular weight excluding hydrogens is 461 g/mol. The van der Waals surface area contributed by atoms with E-state index in [1.54, 1.807) is 48.4 Å². The zero-order chi connectivity index (χ0) is 25.3. The van der Waals surface area contributed by atoms with Gasteiger partial charge in [0.1, 0.15) is 11.6 Å². The highest BCUT2D eigenvalue weighted by Crippen LogP contribution is 2.48. The molecule has 0 saturated carbocycles. The fourth-order valence-corrected chi connectivity index (χ4v) is 6.09. The molecule has 2 fully saturated rings. The van der Waals surface area contributed by atoms with Crippen LogP contribution in [0.1, 0.15) is 48.5 Å². The molecule has 0 unspecified atom stereocenters. The number of hydrogen-bond donors (Lipinski definition) is 0. The van der Waals surface area contributed by atoms with Gasteiger partial charge in [-0.15, -0.1) is 0 Å². The molecule has 2 saturated heterocycles. The van der Waals surface area contributed by atoms with Crippen molar-refractivity contribution in [1.29, 1.82) is 0 Å². The van der Waals surface area contributed by atoms with Gasteiger partial charge in [0.25, 0.3) is 5.91 Å². The minimum Gasteiger partial charge on any atom is -0.497 e. The van der Waals surface area contributed by atoms with Crippen LogP contribution in [0.25, 0.3) is 0 Å². The number of ether oxygens (including phenoxy) is 2. The molecule has 2 aromatic rings. The third-order valence-corrected chi connectivity index (χ3v) is 8.13. The molecule has 2 aromatic carbocycles. The highest BCUT2D eigenvalue weighted by atomic mass is 19.1. The first kappa shape index (κ1) is 24.6. The van der Waals surface area contributed by atoms with Crippen molar-refractivity contribution in [3.63, 3.8) is 0 Å². The van der Waals surface area contributed by atoms with Gasteiger partial charge < -0.3 is 24.2 Å². The maximum atomic E-state index is 14.4. The second-order valence-corrected chi connectivity index (χ2v) is 10.0. The van der Waals surface area contributed by atoms with Gasteiger partial charge in [0.05, 0.1) is 13.7 Å². The van der Waals surface area contributed by atoms with Crippen molar-refractivity contribution in [2.24, 2.45) is 0 Å². The smallest absolute Gasteiger partial charge is 0.409 e. The first-order valence-corrected chi connectivity index (χ1v) is 12.9. The van der Waals surface area contributed by atoms with Gasteiger partial charge in [0.15, 0.2) is 0 Å². The molecule has 0 radical (unpaired) electrons. The molecule has 0 bridgehead atoms. The lowest BCUT2D eigenvalue weighted by atomic mass is 9.74. The van der Waals surface area contributed by atoms with Crippen LogP contribution in [0.15, 0.2) is 42.5 Å². The van der Waals surface area contributed by atoms with Gasteiger partial charge in [0.2, 0.25) is 0 Å². The molecule has 0 aromatic heterocycles. The molecule has 36 heavy (non-hydrogen) atoms. The molecule has 5 rings (SSSR count). The van der Waals surface area contributed by atoms with Crippen LogP contribution in [0.4, 0.5) is 14.9 Å². The van der Waals surface area contributed by atoms with Crippen molar-refractivity contribution in [1.82, 2.24) is 9.80 Å². The number of piperidine rings is 2. The number of carbonyl (C=O) groups is 2. The van der Waals surface area contributed by atoms with E-state index in [1.165, 1.54) is 6.07 Å². The second-order valence-electron chi connectivity index (χ2n) is 10.0. The normalized spacial score (nSPS) is 19.9. The van der Waals surface area contributed by atoms with Crippen molar-refractivity contribution in [2.75, 3.05) is 51.3 Å². The number of nitrogens with zero attached hydrogens (tertiary/aromatic N) is 3. The fraction of sp³-hybridized carbons (Fsp3) is 0.500. The average Bonchev–Trinajstić information content (AvgIpc) is 3.22. The van der Waals surface area contributed by atoms with E-state index in [2.05, 4.69) is 4.90 Å². The summed E-state index contributed by atoms with van der Waals surface area (Å²) in [6.07, 6.45) is 3.37. The van der Waals surface area contributed by atoms with Crippen molar-refractivity contribution in [2.45, 2.75) is 44.1 Å². The fourth-order valence-electron chi connectivity index (χ4n) is 6.09. The minimum atomic E-state index is -0.263. The summed E-state index contributed by atoms with van der Waals surface area (Å²) in [4.78, 5) is 31.7. The third kappa shape index (κ3) is 4.54. The predicted molar refractivity (Wildman–Crippen MR) is 135 cm³/mol. The van der Waals surface area contributed by atoms with Gasteiger partial charge in [-0.05, 0) is 93.7 Å². The number of halogens is 1. The maximum Gasteiger partial charge on any atom is 0.409 e. The molecule has 3 aliphatic heterocycles. The monoisotopic (exact) mass is 495 g/mol. The Morgan fingerprint density at radius 2 is 1.72 bits per heavy atom. The summed E-state index contributed by atoms with van der Waals surface area (Å²) in [5.74, 6) is 0.365. The van der Waals surface area contributed by atoms with Crippen molar-refractivity contribution in [3.05, 3.63) is 59.4 Å². The van der Waals surface area contributed by atoms with Crippen LogP contribution in [-0.2, 0) is 10.2 Å². The summed E-state index contributed by atoms with van der Waals surface area (Å²) < 4.78 is 24.8. The summed E-state index contributed by atoms with van der Waals surface area (Å²) in [6.45, 7) is 5.99. The molecular formula is C28H34FN3O4. The Morgan fingerprint density at radius 1 is 1.03 bits per heavy atom. The zero-order valence-electron chi connectivity index (χ0n) is 21.0. The SMILES string of the molecule is CCOC(=O)N1CCC(N2CCC3(CC2)CN(C(=O)c2ccc(OC)cc2)c2ccc(F)cc23)CC1. The van der Waals surface area contributed by atoms with Gasteiger partial charge in [-0.2, -0.15) is 0 Å². The standard InChI is InChI=1S/C28H34FN3O4/c1-3-36-27(34)31-14-10-22(11-15-31)30-16-12-28(13-17-30)19-32(25-9-6-21(29)18-24(25)28)26(33)20-4-7-23(35-2)8-5-20/h4-9,18,22H,3,10-17,19H2,1-2H3. The lowest BCUT2D eigenvalue weighted by molar-refractivity contribution is 0.0576. The Labute approximate surface area is 211 Å². The lowest BCUT2D eigenvalue weighted by Crippen LogP contribution is -2.52. The van der Waals surface area contributed by atoms with Crippen LogP contribution in [-0.4, -0.2) is 74.3 Å². The summed E-state index contributed by atoms with van der Waals surface area (Å²) in [5.41, 5.74) is 2.10. The summed E-state index contributed by atoms with van der Waals surface area (Å²) in [6, 6.07) is 12.4. The van der Waals surface area contributed by atoms with E-state index in [4.69, 9.17) is 9.47 Å². The Bertz CT molecular complexity index is 1110. The number of carbonyl (C=O) groups excluding carboxylic acids is 2. The molecule has 8 heteroatoms. The van der Waals surface area contributed by atoms with Gasteiger partial charge in [-0.25, -0.2) is 9.18 Å². The minimum absolute atomic E-state index is 0.0730. The number of rotatable bonds is 4. The topological polar surface area (TPSA) is 62.3 Å². The summed E-state index contributed by atoms with van der Waals surface area (Å²) in [5, 5.41) is 0. The van der Waals surface area contributed by atoms with Gasteiger partial charge >= 0.3 is 6.09 Å². The van der Waals surface area contributed by atoms with E-state index in [0.717, 1.165) is 50.0 Å². The lowest BCUT2D eigenvalue weighted by Gasteiger charge is -2.45. The average molecular weight is 496 g/mol. The molecule has 0 atom stereocenters. The van der Waals surface area contributed by atoms with Crippen LogP contribution >= 0.6 is 0 Å². The molecule has 7 nitrogen and oxygen atoms in total. The van der Waals surface area contributed by atoms with Crippen LogP contribution in [0.3, 0.4) is 0 Å². The van der Waals surface area contributed by atoms with Gasteiger partial charge in [0, 0.05) is 42.3 Å². The molecule has 0 N–H and O–H groups in total. The quantitative estimate of drug-likeness (QED) is 0.627. The number of anilines is 1. The largest absolute Gasteiger partial charge is 0.497 e. The van der Waals surface area contributed by atoms with Gasteiger partial charge in [-0.1, -0.05) is 0 Å². The highest BCUT2D eigenvalue weighted by molar-refractivity contribution is 6.07. The number of benzene rings is 2. The third-order valence-electron chi connectivity index (χ3n) is 8.13. The molecule has 0 aliphatic carbocycles. The molecule has 3 aliphatic rings. The van der Waals surface area contributed by atoms with Crippen molar-refractivity contribution < 1.29 is 23.5 Å². The summed E-state index contributed by atoms with van der Waals surface area (Å²) >= 11 is 0. The molecule has 3 heterocycles. The summed E-state index contributed by atoms with van der Waals surface area (Å²) in [7, 11) is 1.60. The van der Waals surface area contributed by atoms with E-state index >= 15 is 0 Å². The number of methoxy groups -OCH3 is 1. The number of likely N-dealkylation sites (tertiary alicyclic amines) is 2. The molecule has 1 spiro atoms. The Kier molecular flexibility index (Phi) is 6.88. The second kappa shape index (κ2) is 10.1. The predicted octanol–water partition coefficient (Wildman–Crippen LogP) is 4.45. The number of hydrogen-bond acceptors (Lipinski definition) is 5. The van der Waals surface area contributed by atoms with E-state index < -0.39 is 0 Å². The first-order valence-electron chi connectivity index (χ1n) is 12.9. The van der Waals surface area contributed by atoms with E-state index in [1.807, 2.05) is 11.8 Å². The Balaban J connectivity index is 1.29. The van der Waals surface area contributed by atoms with Crippen molar-refractivity contribution in [3.8, 4) is 5.75 Å². The van der Waals surface area contributed by atoms with Crippen LogP contribution in [0.2, 0.25) is 0 Å².